The Morgan fingerprint density at radius 2 is 1.74 bits per heavy atom. The Balaban J connectivity index is 2.01. The Kier molecular flexibility index (Phi) is 4.54. The van der Waals surface area contributed by atoms with Gasteiger partial charge in [0, 0.05) is 7.11 Å². The Labute approximate surface area is 113 Å². The van der Waals surface area contributed by atoms with Gasteiger partial charge in [0.15, 0.2) is 0 Å². The molecule has 0 saturated heterocycles. The summed E-state index contributed by atoms with van der Waals surface area (Å²) in [6.45, 7) is 1.02. The van der Waals surface area contributed by atoms with Gasteiger partial charge in [0.25, 0.3) is 0 Å². The summed E-state index contributed by atoms with van der Waals surface area (Å²) in [5.41, 5.74) is 2.70. The van der Waals surface area contributed by atoms with E-state index in [4.69, 9.17) is 14.7 Å². The Hall–Kier alpha value is -2.31. The molecule has 19 heavy (non-hydrogen) atoms. The summed E-state index contributed by atoms with van der Waals surface area (Å²) >= 11 is 0. The van der Waals surface area contributed by atoms with Gasteiger partial charge in [-0.3, -0.25) is 0 Å². The van der Waals surface area contributed by atoms with Crippen LogP contribution in [0.15, 0.2) is 48.5 Å². The third-order valence-electron chi connectivity index (χ3n) is 2.67. The van der Waals surface area contributed by atoms with Crippen LogP contribution in [-0.2, 0) is 18.0 Å². The van der Waals surface area contributed by atoms with Crippen LogP contribution in [0.5, 0.6) is 5.75 Å². The van der Waals surface area contributed by atoms with Crippen molar-refractivity contribution in [3.8, 4) is 11.8 Å². The molecule has 0 atom stereocenters. The number of hydrogen-bond acceptors (Lipinski definition) is 3. The van der Waals surface area contributed by atoms with Crippen molar-refractivity contribution in [2.45, 2.75) is 13.2 Å². The molecule has 0 unspecified atom stereocenters. The Morgan fingerprint density at radius 1 is 1.00 bits per heavy atom. The summed E-state index contributed by atoms with van der Waals surface area (Å²) in [6.07, 6.45) is 0. The molecule has 96 valence electrons. The van der Waals surface area contributed by atoms with Crippen LogP contribution in [0, 0.1) is 11.3 Å². The van der Waals surface area contributed by atoms with Crippen LogP contribution in [0.25, 0.3) is 0 Å². The van der Waals surface area contributed by atoms with Gasteiger partial charge in [-0.05, 0) is 35.4 Å². The molecule has 0 N–H and O–H groups in total. The van der Waals surface area contributed by atoms with E-state index in [0.717, 1.165) is 16.9 Å². The van der Waals surface area contributed by atoms with Gasteiger partial charge >= 0.3 is 0 Å². The van der Waals surface area contributed by atoms with E-state index in [-0.39, 0.29) is 0 Å². The van der Waals surface area contributed by atoms with Gasteiger partial charge in [-0.25, -0.2) is 0 Å². The summed E-state index contributed by atoms with van der Waals surface area (Å²) < 4.78 is 10.8. The predicted octanol–water partition coefficient (Wildman–Crippen LogP) is 3.28. The van der Waals surface area contributed by atoms with Crippen LogP contribution in [0.4, 0.5) is 0 Å². The zero-order valence-corrected chi connectivity index (χ0v) is 10.8. The molecule has 0 aliphatic carbocycles. The third kappa shape index (κ3) is 3.84. The van der Waals surface area contributed by atoms with Crippen molar-refractivity contribution < 1.29 is 9.47 Å². The molecule has 2 rings (SSSR count). The predicted molar refractivity (Wildman–Crippen MR) is 72.6 cm³/mol. The van der Waals surface area contributed by atoms with Crippen molar-refractivity contribution in [2.75, 3.05) is 7.11 Å². The monoisotopic (exact) mass is 253 g/mol. The Morgan fingerprint density at radius 3 is 2.47 bits per heavy atom. The smallest absolute Gasteiger partial charge is 0.120 e. The van der Waals surface area contributed by atoms with E-state index in [2.05, 4.69) is 6.07 Å². The summed E-state index contributed by atoms with van der Waals surface area (Å²) in [7, 11) is 1.67. The first kappa shape index (κ1) is 13.1. The fraction of sp³-hybridized carbons (Fsp3) is 0.188. The third-order valence-corrected chi connectivity index (χ3v) is 2.67. The van der Waals surface area contributed by atoms with Gasteiger partial charge in [-0.15, -0.1) is 0 Å². The van der Waals surface area contributed by atoms with Crippen LogP contribution in [0.2, 0.25) is 0 Å². The van der Waals surface area contributed by atoms with Crippen molar-refractivity contribution in [3.63, 3.8) is 0 Å². The van der Waals surface area contributed by atoms with Gasteiger partial charge in [-0.2, -0.15) is 5.26 Å². The van der Waals surface area contributed by atoms with E-state index in [1.807, 2.05) is 42.5 Å². The maximum absolute atomic E-state index is 8.84. The second kappa shape index (κ2) is 6.58. The molecular weight excluding hydrogens is 238 g/mol. The first-order valence-electron chi connectivity index (χ1n) is 6.01. The molecule has 3 nitrogen and oxygen atoms in total. The molecule has 2 aromatic rings. The van der Waals surface area contributed by atoms with Crippen LogP contribution >= 0.6 is 0 Å². The molecular formula is C16H15NO2. The standard InChI is InChI=1S/C16H15NO2/c1-18-11-15-6-3-7-16(9-15)19-12-14-5-2-4-13(8-14)10-17/h2-9H,11-12H2,1H3. The number of ether oxygens (including phenoxy) is 2. The fourth-order valence-corrected chi connectivity index (χ4v) is 1.79. The number of methoxy groups -OCH3 is 1. The lowest BCUT2D eigenvalue weighted by Gasteiger charge is -2.08. The number of rotatable bonds is 5. The number of benzene rings is 2. The topological polar surface area (TPSA) is 42.2 Å². The van der Waals surface area contributed by atoms with E-state index in [9.17, 15) is 0 Å². The normalized spacial score (nSPS) is 9.89. The fourth-order valence-electron chi connectivity index (χ4n) is 1.79. The molecule has 0 aromatic heterocycles. The summed E-state index contributed by atoms with van der Waals surface area (Å²) in [4.78, 5) is 0. The maximum Gasteiger partial charge on any atom is 0.120 e. The minimum Gasteiger partial charge on any atom is -0.489 e. The lowest BCUT2D eigenvalue weighted by atomic mass is 10.1. The van der Waals surface area contributed by atoms with Gasteiger partial charge < -0.3 is 9.47 Å². The molecule has 2 aromatic carbocycles. The van der Waals surface area contributed by atoms with Crippen LogP contribution in [0.1, 0.15) is 16.7 Å². The number of nitrogens with zero attached hydrogens (tertiary/aromatic N) is 1. The highest BCUT2D eigenvalue weighted by Crippen LogP contribution is 2.16. The van der Waals surface area contributed by atoms with Crippen molar-refractivity contribution in [1.29, 1.82) is 5.26 Å². The summed E-state index contributed by atoms with van der Waals surface area (Å²) in [5.74, 6) is 0.803. The quantitative estimate of drug-likeness (QED) is 0.821. The highest BCUT2D eigenvalue weighted by Gasteiger charge is 1.99. The van der Waals surface area contributed by atoms with E-state index in [0.29, 0.717) is 18.8 Å². The SMILES string of the molecule is COCc1cccc(OCc2cccc(C#N)c2)c1. The second-order valence-corrected chi connectivity index (χ2v) is 4.18. The number of nitriles is 1. The van der Waals surface area contributed by atoms with Gasteiger partial charge in [0.05, 0.1) is 18.2 Å². The molecule has 0 fully saturated rings. The second-order valence-electron chi connectivity index (χ2n) is 4.18. The van der Waals surface area contributed by atoms with Crippen molar-refractivity contribution in [1.82, 2.24) is 0 Å². The lowest BCUT2D eigenvalue weighted by molar-refractivity contribution is 0.184. The van der Waals surface area contributed by atoms with Crippen molar-refractivity contribution in [3.05, 3.63) is 65.2 Å². The van der Waals surface area contributed by atoms with Crippen molar-refractivity contribution in [2.24, 2.45) is 0 Å². The minimum atomic E-state index is 0.450. The highest BCUT2D eigenvalue weighted by molar-refractivity contribution is 5.33. The summed E-state index contributed by atoms with van der Waals surface area (Å²) in [6, 6.07) is 17.3. The Bertz CT molecular complexity index is 587. The van der Waals surface area contributed by atoms with Crippen LogP contribution < -0.4 is 4.74 Å². The van der Waals surface area contributed by atoms with Crippen LogP contribution in [-0.4, -0.2) is 7.11 Å². The average Bonchev–Trinajstić information content (AvgIpc) is 2.46. The molecule has 0 amide bonds. The van der Waals surface area contributed by atoms with Crippen molar-refractivity contribution >= 4 is 0 Å². The maximum atomic E-state index is 8.84. The highest BCUT2D eigenvalue weighted by atomic mass is 16.5. The average molecular weight is 253 g/mol. The van der Waals surface area contributed by atoms with E-state index < -0.39 is 0 Å². The first-order chi connectivity index (χ1) is 9.31. The van der Waals surface area contributed by atoms with Gasteiger partial charge in [0.2, 0.25) is 0 Å². The van der Waals surface area contributed by atoms with E-state index >= 15 is 0 Å². The molecule has 3 heteroatoms. The summed E-state index contributed by atoms with van der Waals surface area (Å²) in [5, 5.41) is 8.84. The van der Waals surface area contributed by atoms with E-state index in [1.165, 1.54) is 0 Å². The zero-order valence-electron chi connectivity index (χ0n) is 10.8. The van der Waals surface area contributed by atoms with Crippen LogP contribution in [0.3, 0.4) is 0 Å². The molecule has 0 bridgehead atoms. The first-order valence-corrected chi connectivity index (χ1v) is 6.01. The lowest BCUT2D eigenvalue weighted by Crippen LogP contribution is -1.96. The minimum absolute atomic E-state index is 0.450. The molecule has 0 spiro atoms. The largest absolute Gasteiger partial charge is 0.489 e. The van der Waals surface area contributed by atoms with Gasteiger partial charge in [0.1, 0.15) is 12.4 Å². The van der Waals surface area contributed by atoms with E-state index in [1.54, 1.807) is 13.2 Å². The molecule has 0 heterocycles. The molecule has 0 aliphatic rings. The molecule has 0 saturated carbocycles. The molecule has 0 aliphatic heterocycles. The molecule has 0 radical (unpaired) electrons. The number of hydrogen-bond donors (Lipinski definition) is 0. The van der Waals surface area contributed by atoms with Gasteiger partial charge in [-0.1, -0.05) is 24.3 Å². The zero-order chi connectivity index (χ0) is 13.5.